The van der Waals surface area contributed by atoms with Crippen molar-refractivity contribution >= 4 is 10.2 Å². The Balaban J connectivity index is 1.67. The number of hydrogen-bond acceptors (Lipinski definition) is 3. The maximum atomic E-state index is 12.7. The Kier molecular flexibility index (Phi) is 6.65. The van der Waals surface area contributed by atoms with Gasteiger partial charge in [0, 0.05) is 25.6 Å². The third-order valence-corrected chi connectivity index (χ3v) is 6.39. The van der Waals surface area contributed by atoms with E-state index < -0.39 is 10.2 Å². The molecule has 2 aromatic carbocycles. The van der Waals surface area contributed by atoms with Crippen LogP contribution < -0.4 is 4.72 Å². The number of hydrogen-bond donors (Lipinski definition) is 1. The van der Waals surface area contributed by atoms with E-state index in [0.717, 1.165) is 0 Å². The van der Waals surface area contributed by atoms with Crippen LogP contribution in [0.5, 0.6) is 0 Å². The largest absolute Gasteiger partial charge is 0.373 e. The van der Waals surface area contributed by atoms with Crippen LogP contribution in [0.15, 0.2) is 60.7 Å². The zero-order chi connectivity index (χ0) is 19.3. The molecule has 0 amide bonds. The summed E-state index contributed by atoms with van der Waals surface area (Å²) < 4.78 is 35.3. The Bertz CT molecular complexity index is 762. The van der Waals surface area contributed by atoms with Crippen molar-refractivity contribution in [2.75, 3.05) is 19.6 Å². The molecule has 6 heteroatoms. The molecule has 3 rings (SSSR count). The van der Waals surface area contributed by atoms with Crippen LogP contribution in [0.1, 0.15) is 37.3 Å². The molecule has 0 aromatic heterocycles. The fourth-order valence-corrected chi connectivity index (χ4v) is 5.02. The van der Waals surface area contributed by atoms with Gasteiger partial charge in [-0.2, -0.15) is 12.7 Å². The number of morpholine rings is 1. The highest BCUT2D eigenvalue weighted by Gasteiger charge is 2.30. The van der Waals surface area contributed by atoms with Crippen LogP contribution in [0.25, 0.3) is 0 Å². The summed E-state index contributed by atoms with van der Waals surface area (Å²) in [5.74, 6) is 0.151. The highest BCUT2D eigenvalue weighted by atomic mass is 32.2. The Labute approximate surface area is 162 Å². The van der Waals surface area contributed by atoms with Crippen LogP contribution in [0.2, 0.25) is 0 Å². The first kappa shape index (κ1) is 20.0. The Morgan fingerprint density at radius 1 is 0.963 bits per heavy atom. The van der Waals surface area contributed by atoms with E-state index in [0.29, 0.717) is 26.1 Å². The molecule has 27 heavy (non-hydrogen) atoms. The van der Waals surface area contributed by atoms with Gasteiger partial charge in [-0.1, -0.05) is 60.7 Å². The quantitative estimate of drug-likeness (QED) is 0.793. The summed E-state index contributed by atoms with van der Waals surface area (Å²) in [7, 11) is -3.51. The van der Waals surface area contributed by atoms with Crippen LogP contribution in [-0.2, 0) is 14.9 Å². The molecule has 0 unspecified atom stereocenters. The van der Waals surface area contributed by atoms with Crippen LogP contribution in [0.3, 0.4) is 0 Å². The molecule has 1 heterocycles. The van der Waals surface area contributed by atoms with Gasteiger partial charge in [0.1, 0.15) is 0 Å². The second-order valence-corrected chi connectivity index (χ2v) is 8.89. The van der Waals surface area contributed by atoms with E-state index in [1.165, 1.54) is 15.4 Å². The van der Waals surface area contributed by atoms with Gasteiger partial charge in [0.25, 0.3) is 10.2 Å². The zero-order valence-electron chi connectivity index (χ0n) is 15.9. The minimum Gasteiger partial charge on any atom is -0.373 e. The predicted octanol–water partition coefficient (Wildman–Crippen LogP) is 3.15. The molecule has 0 bridgehead atoms. The van der Waals surface area contributed by atoms with Gasteiger partial charge in [0.05, 0.1) is 12.2 Å². The highest BCUT2D eigenvalue weighted by Crippen LogP contribution is 2.27. The molecule has 0 saturated carbocycles. The normalized spacial score (nSPS) is 21.4. The summed E-state index contributed by atoms with van der Waals surface area (Å²) >= 11 is 0. The molecule has 0 radical (unpaired) electrons. The van der Waals surface area contributed by atoms with Crippen molar-refractivity contribution in [3.63, 3.8) is 0 Å². The summed E-state index contributed by atoms with van der Waals surface area (Å²) in [4.78, 5) is 0. The first-order valence-corrected chi connectivity index (χ1v) is 10.9. The molecule has 5 nitrogen and oxygen atoms in total. The van der Waals surface area contributed by atoms with Gasteiger partial charge in [-0.15, -0.1) is 0 Å². The SMILES string of the molecule is C[C@@H]1CN(S(=O)(=O)NCCC(c2ccccc2)c2ccccc2)C[C@@H](C)O1. The molecule has 1 aliphatic rings. The van der Waals surface area contributed by atoms with Crippen molar-refractivity contribution in [3.8, 4) is 0 Å². The molecule has 0 spiro atoms. The van der Waals surface area contributed by atoms with E-state index in [4.69, 9.17) is 4.74 Å². The van der Waals surface area contributed by atoms with Gasteiger partial charge in [0.2, 0.25) is 0 Å². The number of nitrogens with zero attached hydrogens (tertiary/aromatic N) is 1. The van der Waals surface area contributed by atoms with Crippen molar-refractivity contribution in [2.24, 2.45) is 0 Å². The summed E-state index contributed by atoms with van der Waals surface area (Å²) in [6, 6.07) is 20.4. The van der Waals surface area contributed by atoms with Crippen molar-refractivity contribution in [1.82, 2.24) is 9.03 Å². The van der Waals surface area contributed by atoms with Crippen molar-refractivity contribution in [2.45, 2.75) is 38.4 Å². The van der Waals surface area contributed by atoms with Crippen molar-refractivity contribution in [3.05, 3.63) is 71.8 Å². The lowest BCUT2D eigenvalue weighted by atomic mass is 9.89. The van der Waals surface area contributed by atoms with E-state index in [1.807, 2.05) is 50.2 Å². The van der Waals surface area contributed by atoms with Crippen molar-refractivity contribution in [1.29, 1.82) is 0 Å². The summed E-state index contributed by atoms with van der Waals surface area (Å²) in [6.07, 6.45) is 0.515. The van der Waals surface area contributed by atoms with Gasteiger partial charge in [-0.05, 0) is 31.4 Å². The predicted molar refractivity (Wildman–Crippen MR) is 108 cm³/mol. The van der Waals surface area contributed by atoms with Gasteiger partial charge in [0.15, 0.2) is 0 Å². The monoisotopic (exact) mass is 388 g/mol. The molecular weight excluding hydrogens is 360 g/mol. The molecule has 2 atom stereocenters. The second-order valence-electron chi connectivity index (χ2n) is 7.14. The number of benzene rings is 2. The van der Waals surface area contributed by atoms with E-state index in [2.05, 4.69) is 29.0 Å². The minimum atomic E-state index is -3.51. The van der Waals surface area contributed by atoms with Gasteiger partial charge >= 0.3 is 0 Å². The molecule has 146 valence electrons. The van der Waals surface area contributed by atoms with Crippen molar-refractivity contribution < 1.29 is 13.2 Å². The lowest BCUT2D eigenvalue weighted by Crippen LogP contribution is -2.52. The molecule has 2 aromatic rings. The highest BCUT2D eigenvalue weighted by molar-refractivity contribution is 7.87. The molecular formula is C21H28N2O3S. The number of nitrogens with one attached hydrogen (secondary N) is 1. The van der Waals surface area contributed by atoms with E-state index in [9.17, 15) is 8.42 Å². The third kappa shape index (κ3) is 5.39. The molecule has 1 saturated heterocycles. The second kappa shape index (κ2) is 8.97. The minimum absolute atomic E-state index is 0.0910. The van der Waals surface area contributed by atoms with E-state index in [1.54, 1.807) is 0 Å². The Morgan fingerprint density at radius 3 is 1.93 bits per heavy atom. The standard InChI is InChI=1S/C21H28N2O3S/c1-17-15-23(16-18(2)26-17)27(24,25)22-14-13-21(19-9-5-3-6-10-19)20-11-7-4-8-12-20/h3-12,17-18,21-22H,13-16H2,1-2H3/t17-,18-/m1/s1. The van der Waals surface area contributed by atoms with Crippen LogP contribution in [-0.4, -0.2) is 44.6 Å². The zero-order valence-corrected chi connectivity index (χ0v) is 16.7. The summed E-state index contributed by atoms with van der Waals surface area (Å²) in [6.45, 7) is 4.97. The number of rotatable bonds is 7. The van der Waals surface area contributed by atoms with Gasteiger partial charge in [-0.25, -0.2) is 4.72 Å². The molecule has 1 fully saturated rings. The summed E-state index contributed by atoms with van der Waals surface area (Å²) in [5, 5.41) is 0. The fraction of sp³-hybridized carbons (Fsp3) is 0.429. The first-order chi connectivity index (χ1) is 13.0. The van der Waals surface area contributed by atoms with Gasteiger partial charge in [-0.3, -0.25) is 0 Å². The van der Waals surface area contributed by atoms with E-state index in [-0.39, 0.29) is 18.1 Å². The number of ether oxygens (including phenoxy) is 1. The average Bonchev–Trinajstić information content (AvgIpc) is 2.66. The topological polar surface area (TPSA) is 58.6 Å². The maximum absolute atomic E-state index is 12.7. The first-order valence-electron chi connectivity index (χ1n) is 9.46. The Hall–Kier alpha value is -1.73. The third-order valence-electron chi connectivity index (χ3n) is 4.85. The molecule has 1 N–H and O–H groups in total. The van der Waals surface area contributed by atoms with Crippen LogP contribution >= 0.6 is 0 Å². The molecule has 0 aliphatic carbocycles. The maximum Gasteiger partial charge on any atom is 0.279 e. The lowest BCUT2D eigenvalue weighted by molar-refractivity contribution is -0.0443. The van der Waals surface area contributed by atoms with Crippen LogP contribution in [0, 0.1) is 0 Å². The van der Waals surface area contributed by atoms with Gasteiger partial charge < -0.3 is 4.74 Å². The van der Waals surface area contributed by atoms with E-state index >= 15 is 0 Å². The molecule has 1 aliphatic heterocycles. The fourth-order valence-electron chi connectivity index (χ4n) is 3.65. The van der Waals surface area contributed by atoms with Crippen LogP contribution in [0.4, 0.5) is 0 Å². The summed E-state index contributed by atoms with van der Waals surface area (Å²) in [5.41, 5.74) is 2.38. The lowest BCUT2D eigenvalue weighted by Gasteiger charge is -2.34. The smallest absolute Gasteiger partial charge is 0.279 e. The average molecular weight is 389 g/mol. The Morgan fingerprint density at radius 2 is 1.44 bits per heavy atom.